The summed E-state index contributed by atoms with van der Waals surface area (Å²) in [6, 6.07) is 15.9. The fourth-order valence-corrected chi connectivity index (χ4v) is 4.08. The molecule has 1 saturated heterocycles. The number of anilines is 1. The van der Waals surface area contributed by atoms with Crippen LogP contribution in [0.5, 0.6) is 0 Å². The highest BCUT2D eigenvalue weighted by Crippen LogP contribution is 2.36. The van der Waals surface area contributed by atoms with Crippen LogP contribution in [-0.4, -0.2) is 28.3 Å². The summed E-state index contributed by atoms with van der Waals surface area (Å²) in [4.78, 5) is 39.1. The predicted octanol–water partition coefficient (Wildman–Crippen LogP) is 3.94. The van der Waals surface area contributed by atoms with Crippen molar-refractivity contribution < 1.29 is 14.4 Å². The molecule has 2 fully saturated rings. The molecule has 2 aromatic rings. The Morgan fingerprint density at radius 3 is 2.38 bits per heavy atom. The van der Waals surface area contributed by atoms with E-state index in [2.05, 4.69) is 17.6 Å². The minimum absolute atomic E-state index is 0.125. The van der Waals surface area contributed by atoms with E-state index in [0.717, 1.165) is 24.1 Å². The first-order valence-corrected chi connectivity index (χ1v) is 10.1. The van der Waals surface area contributed by atoms with E-state index in [4.69, 9.17) is 0 Å². The molecule has 0 atom stereocenters. The molecule has 2 N–H and O–H groups in total. The molecule has 1 heterocycles. The molecule has 1 aliphatic carbocycles. The number of nitrogens with zero attached hydrogens (tertiary/aromatic N) is 1. The highest BCUT2D eigenvalue weighted by molar-refractivity contribution is 6.07. The summed E-state index contributed by atoms with van der Waals surface area (Å²) >= 11 is 0. The van der Waals surface area contributed by atoms with Crippen molar-refractivity contribution >= 4 is 23.5 Å². The Hall–Kier alpha value is -3.15. The molecule has 4 rings (SSSR count). The Labute approximate surface area is 170 Å². The Balaban J connectivity index is 1.41. The Bertz CT molecular complexity index is 916. The van der Waals surface area contributed by atoms with Gasteiger partial charge in [0.1, 0.15) is 5.54 Å². The first kappa shape index (κ1) is 19.2. The number of benzene rings is 2. The molecule has 0 radical (unpaired) electrons. The number of para-hydroxylation sites is 1. The molecule has 2 aliphatic rings. The van der Waals surface area contributed by atoms with Crippen molar-refractivity contribution in [3.63, 3.8) is 0 Å². The molecule has 29 heavy (non-hydrogen) atoms. The quantitative estimate of drug-likeness (QED) is 0.775. The molecule has 1 spiro atoms. The molecule has 2 aromatic carbocycles. The van der Waals surface area contributed by atoms with Crippen molar-refractivity contribution in [3.05, 3.63) is 65.7 Å². The minimum atomic E-state index is -0.723. The molecule has 0 aromatic heterocycles. The third kappa shape index (κ3) is 3.88. The van der Waals surface area contributed by atoms with E-state index in [1.165, 1.54) is 4.90 Å². The maximum atomic E-state index is 13.0. The van der Waals surface area contributed by atoms with Crippen molar-refractivity contribution in [2.45, 2.75) is 44.7 Å². The summed E-state index contributed by atoms with van der Waals surface area (Å²) in [7, 11) is 0. The largest absolute Gasteiger partial charge is 0.325 e. The molecule has 1 saturated carbocycles. The van der Waals surface area contributed by atoms with Crippen molar-refractivity contribution in [2.24, 2.45) is 5.92 Å². The Morgan fingerprint density at radius 2 is 1.72 bits per heavy atom. The number of urea groups is 1. The van der Waals surface area contributed by atoms with Crippen LogP contribution in [0.25, 0.3) is 0 Å². The maximum absolute atomic E-state index is 13.0. The topological polar surface area (TPSA) is 78.5 Å². The van der Waals surface area contributed by atoms with Gasteiger partial charge in [0.15, 0.2) is 0 Å². The van der Waals surface area contributed by atoms with Gasteiger partial charge in [-0.25, -0.2) is 4.79 Å². The zero-order valence-electron chi connectivity index (χ0n) is 16.5. The monoisotopic (exact) mass is 391 g/mol. The molecular formula is C23H25N3O3. The summed E-state index contributed by atoms with van der Waals surface area (Å²) in [6.45, 7) is 2.39. The molecular weight excluding hydrogens is 366 g/mol. The zero-order chi connectivity index (χ0) is 20.4. The maximum Gasteiger partial charge on any atom is 0.325 e. The summed E-state index contributed by atoms with van der Waals surface area (Å²) < 4.78 is 0. The van der Waals surface area contributed by atoms with Crippen molar-refractivity contribution in [1.29, 1.82) is 0 Å². The van der Waals surface area contributed by atoms with Gasteiger partial charge in [0.25, 0.3) is 11.8 Å². The van der Waals surface area contributed by atoms with Crippen LogP contribution in [0.2, 0.25) is 0 Å². The van der Waals surface area contributed by atoms with Crippen LogP contribution in [0, 0.1) is 5.92 Å². The van der Waals surface area contributed by atoms with Gasteiger partial charge in [0, 0.05) is 11.3 Å². The zero-order valence-corrected chi connectivity index (χ0v) is 16.5. The average molecular weight is 391 g/mol. The van der Waals surface area contributed by atoms with Crippen LogP contribution in [-0.2, 0) is 11.3 Å². The highest BCUT2D eigenvalue weighted by atomic mass is 16.2. The van der Waals surface area contributed by atoms with Crippen LogP contribution in [0.3, 0.4) is 0 Å². The second-order valence-electron chi connectivity index (χ2n) is 8.10. The third-order valence-electron chi connectivity index (χ3n) is 5.96. The van der Waals surface area contributed by atoms with Gasteiger partial charge in [-0.3, -0.25) is 14.5 Å². The first-order chi connectivity index (χ1) is 14.0. The van der Waals surface area contributed by atoms with Gasteiger partial charge in [-0.2, -0.15) is 0 Å². The molecule has 0 bridgehead atoms. The van der Waals surface area contributed by atoms with Crippen LogP contribution in [0.1, 0.15) is 48.5 Å². The lowest BCUT2D eigenvalue weighted by Gasteiger charge is -2.33. The van der Waals surface area contributed by atoms with Crippen molar-refractivity contribution in [1.82, 2.24) is 10.2 Å². The molecule has 6 heteroatoms. The normalized spacial score (nSPS) is 23.9. The standard InChI is InChI=1S/C23H25N3O3/c1-16-11-13-23(14-12-16)21(28)26(22(29)25-23)15-17-7-9-18(10-8-17)20(27)24-19-5-3-2-4-6-19/h2-10,16H,11-15H2,1H3,(H,24,27)(H,25,29). The Morgan fingerprint density at radius 1 is 1.07 bits per heavy atom. The lowest BCUT2D eigenvalue weighted by molar-refractivity contribution is -0.133. The van der Waals surface area contributed by atoms with E-state index in [0.29, 0.717) is 24.3 Å². The number of carbonyl (C=O) groups excluding carboxylic acids is 3. The number of nitrogens with one attached hydrogen (secondary N) is 2. The third-order valence-corrected chi connectivity index (χ3v) is 5.96. The van der Waals surface area contributed by atoms with Gasteiger partial charge in [-0.1, -0.05) is 37.3 Å². The number of amides is 4. The van der Waals surface area contributed by atoms with E-state index in [-0.39, 0.29) is 24.4 Å². The lowest BCUT2D eigenvalue weighted by atomic mass is 9.77. The summed E-state index contributed by atoms with van der Waals surface area (Å²) in [5, 5.41) is 5.78. The molecule has 150 valence electrons. The van der Waals surface area contributed by atoms with Gasteiger partial charge >= 0.3 is 6.03 Å². The van der Waals surface area contributed by atoms with Crippen molar-refractivity contribution in [3.8, 4) is 0 Å². The smallest absolute Gasteiger partial charge is 0.323 e. The van der Waals surface area contributed by atoms with Crippen molar-refractivity contribution in [2.75, 3.05) is 5.32 Å². The first-order valence-electron chi connectivity index (χ1n) is 10.1. The van der Waals surface area contributed by atoms with Crippen LogP contribution in [0.4, 0.5) is 10.5 Å². The second kappa shape index (κ2) is 7.70. The summed E-state index contributed by atoms with van der Waals surface area (Å²) in [6.07, 6.45) is 3.30. The van der Waals surface area contributed by atoms with Gasteiger partial charge in [-0.15, -0.1) is 0 Å². The molecule has 4 amide bonds. The fraction of sp³-hybridized carbons (Fsp3) is 0.348. The lowest BCUT2D eigenvalue weighted by Crippen LogP contribution is -2.49. The number of hydrogen-bond acceptors (Lipinski definition) is 3. The van der Waals surface area contributed by atoms with Gasteiger partial charge in [-0.05, 0) is 61.4 Å². The molecule has 6 nitrogen and oxygen atoms in total. The number of rotatable bonds is 4. The van der Waals surface area contributed by atoms with Crippen LogP contribution in [0.15, 0.2) is 54.6 Å². The van der Waals surface area contributed by atoms with Gasteiger partial charge in [0.2, 0.25) is 0 Å². The number of imide groups is 1. The average Bonchev–Trinajstić information content (AvgIpc) is 2.96. The fourth-order valence-electron chi connectivity index (χ4n) is 4.08. The highest BCUT2D eigenvalue weighted by Gasteiger charge is 2.51. The number of carbonyl (C=O) groups is 3. The van der Waals surface area contributed by atoms with Crippen LogP contribution >= 0.6 is 0 Å². The van der Waals surface area contributed by atoms with E-state index in [1.807, 2.05) is 30.3 Å². The Kier molecular flexibility index (Phi) is 5.09. The molecule has 1 aliphatic heterocycles. The van der Waals surface area contributed by atoms with E-state index < -0.39 is 5.54 Å². The summed E-state index contributed by atoms with van der Waals surface area (Å²) in [5.41, 5.74) is 1.34. The second-order valence-corrected chi connectivity index (χ2v) is 8.10. The predicted molar refractivity (Wildman–Crippen MR) is 110 cm³/mol. The summed E-state index contributed by atoms with van der Waals surface area (Å²) in [5.74, 6) is 0.266. The van der Waals surface area contributed by atoms with E-state index in [9.17, 15) is 14.4 Å². The van der Waals surface area contributed by atoms with Gasteiger partial charge in [0.05, 0.1) is 6.54 Å². The minimum Gasteiger partial charge on any atom is -0.323 e. The number of hydrogen-bond donors (Lipinski definition) is 2. The van der Waals surface area contributed by atoms with Crippen LogP contribution < -0.4 is 10.6 Å². The SMILES string of the molecule is CC1CCC2(CC1)NC(=O)N(Cc1ccc(C(=O)Nc3ccccc3)cc1)C2=O. The van der Waals surface area contributed by atoms with E-state index in [1.54, 1.807) is 24.3 Å². The van der Waals surface area contributed by atoms with E-state index >= 15 is 0 Å². The molecule has 0 unspecified atom stereocenters. The van der Waals surface area contributed by atoms with Gasteiger partial charge < -0.3 is 10.6 Å².